The highest BCUT2D eigenvalue weighted by Gasteiger charge is 2.30. The Labute approximate surface area is 128 Å². The van der Waals surface area contributed by atoms with Crippen molar-refractivity contribution in [2.45, 2.75) is 83.4 Å². The third-order valence-electron chi connectivity index (χ3n) is 4.85. The third-order valence-corrected chi connectivity index (χ3v) is 4.85. The maximum Gasteiger partial charge on any atom is 0.203 e. The Bertz CT molecular complexity index is 474. The summed E-state index contributed by atoms with van der Waals surface area (Å²) in [5.74, 6) is 1.07. The van der Waals surface area contributed by atoms with Gasteiger partial charge in [0.1, 0.15) is 0 Å². The van der Waals surface area contributed by atoms with Gasteiger partial charge >= 0.3 is 0 Å². The molecule has 21 heavy (non-hydrogen) atoms. The minimum Gasteiger partial charge on any atom is -0.375 e. The standard InChI is InChI=1S/C17H29N3O/c1-13-12-20(15-7-5-4-6-8-15)16(18-13)19-14-9-10-21-17(2,3)11-14/h12,14-15H,4-11H2,1-3H3,(H,18,19). The molecule has 1 aliphatic heterocycles. The zero-order valence-electron chi connectivity index (χ0n) is 13.7. The molecule has 1 aliphatic carbocycles. The van der Waals surface area contributed by atoms with Crippen LogP contribution in [0.5, 0.6) is 0 Å². The number of aryl methyl sites for hydroxylation is 1. The summed E-state index contributed by atoms with van der Waals surface area (Å²) in [6.07, 6.45) is 11.0. The Hall–Kier alpha value is -1.03. The van der Waals surface area contributed by atoms with Crippen LogP contribution in [0.15, 0.2) is 6.20 Å². The molecule has 1 aromatic rings. The minimum atomic E-state index is -0.0206. The summed E-state index contributed by atoms with van der Waals surface area (Å²) in [7, 11) is 0. The van der Waals surface area contributed by atoms with Crippen LogP contribution < -0.4 is 5.32 Å². The molecule has 1 saturated carbocycles. The second kappa shape index (κ2) is 5.99. The maximum absolute atomic E-state index is 5.82. The number of anilines is 1. The molecule has 4 nitrogen and oxygen atoms in total. The summed E-state index contributed by atoms with van der Waals surface area (Å²) < 4.78 is 8.22. The van der Waals surface area contributed by atoms with E-state index in [-0.39, 0.29) is 5.60 Å². The number of aromatic nitrogens is 2. The molecule has 3 rings (SSSR count). The van der Waals surface area contributed by atoms with Crippen molar-refractivity contribution in [3.8, 4) is 0 Å². The van der Waals surface area contributed by atoms with Gasteiger partial charge in [-0.15, -0.1) is 0 Å². The minimum absolute atomic E-state index is 0.0206. The fourth-order valence-electron chi connectivity index (χ4n) is 3.80. The zero-order valence-corrected chi connectivity index (χ0v) is 13.7. The molecule has 4 heteroatoms. The lowest BCUT2D eigenvalue weighted by Gasteiger charge is -2.36. The number of hydrogen-bond acceptors (Lipinski definition) is 3. The number of ether oxygens (including phenoxy) is 1. The van der Waals surface area contributed by atoms with Gasteiger partial charge in [0.15, 0.2) is 0 Å². The summed E-state index contributed by atoms with van der Waals surface area (Å²) in [5.41, 5.74) is 1.10. The third kappa shape index (κ3) is 3.60. The van der Waals surface area contributed by atoms with Crippen LogP contribution in [0.3, 0.4) is 0 Å². The fourth-order valence-corrected chi connectivity index (χ4v) is 3.80. The quantitative estimate of drug-likeness (QED) is 0.912. The molecule has 1 N–H and O–H groups in total. The van der Waals surface area contributed by atoms with Crippen LogP contribution in [0.1, 0.15) is 70.5 Å². The largest absolute Gasteiger partial charge is 0.375 e. The Morgan fingerprint density at radius 3 is 2.71 bits per heavy atom. The average Bonchev–Trinajstić information content (AvgIpc) is 2.79. The lowest BCUT2D eigenvalue weighted by atomic mass is 9.94. The number of hydrogen-bond donors (Lipinski definition) is 1. The van der Waals surface area contributed by atoms with E-state index in [1.54, 1.807) is 0 Å². The van der Waals surface area contributed by atoms with Gasteiger partial charge in [-0.25, -0.2) is 4.98 Å². The molecule has 0 amide bonds. The predicted molar refractivity (Wildman–Crippen MR) is 85.8 cm³/mol. The monoisotopic (exact) mass is 291 g/mol. The van der Waals surface area contributed by atoms with Crippen molar-refractivity contribution < 1.29 is 4.74 Å². The number of nitrogens with one attached hydrogen (secondary N) is 1. The summed E-state index contributed by atoms with van der Waals surface area (Å²) in [6.45, 7) is 7.30. The molecule has 0 radical (unpaired) electrons. The highest BCUT2D eigenvalue weighted by molar-refractivity contribution is 5.31. The van der Waals surface area contributed by atoms with E-state index in [4.69, 9.17) is 9.72 Å². The Kier molecular flexibility index (Phi) is 4.25. The summed E-state index contributed by atoms with van der Waals surface area (Å²) >= 11 is 0. The molecule has 2 fully saturated rings. The van der Waals surface area contributed by atoms with Crippen LogP contribution in [0, 0.1) is 6.92 Å². The van der Waals surface area contributed by atoms with Crippen LogP contribution in [0.25, 0.3) is 0 Å². The van der Waals surface area contributed by atoms with Crippen LogP contribution in [-0.2, 0) is 4.74 Å². The topological polar surface area (TPSA) is 39.1 Å². The first-order chi connectivity index (χ1) is 10.0. The Balaban J connectivity index is 1.72. The molecule has 1 atom stereocenters. The van der Waals surface area contributed by atoms with Crippen molar-refractivity contribution in [3.63, 3.8) is 0 Å². The normalized spacial score (nSPS) is 26.7. The average molecular weight is 291 g/mol. The SMILES string of the molecule is Cc1cn(C2CCCCC2)c(NC2CCOC(C)(C)C2)n1. The highest BCUT2D eigenvalue weighted by Crippen LogP contribution is 2.32. The Morgan fingerprint density at radius 1 is 1.24 bits per heavy atom. The van der Waals surface area contributed by atoms with Gasteiger partial charge in [-0.2, -0.15) is 0 Å². The van der Waals surface area contributed by atoms with Crippen molar-refractivity contribution >= 4 is 5.95 Å². The molecule has 1 unspecified atom stereocenters. The molecule has 1 aromatic heterocycles. The highest BCUT2D eigenvalue weighted by atomic mass is 16.5. The Morgan fingerprint density at radius 2 is 2.00 bits per heavy atom. The van der Waals surface area contributed by atoms with Crippen molar-refractivity contribution in [3.05, 3.63) is 11.9 Å². The first-order valence-electron chi connectivity index (χ1n) is 8.49. The molecular weight excluding hydrogens is 262 g/mol. The summed E-state index contributed by atoms with van der Waals surface area (Å²) in [6, 6.07) is 1.10. The molecule has 1 saturated heterocycles. The molecule has 2 aliphatic rings. The smallest absolute Gasteiger partial charge is 0.203 e. The van der Waals surface area contributed by atoms with Gasteiger partial charge in [0.05, 0.1) is 11.3 Å². The van der Waals surface area contributed by atoms with E-state index in [9.17, 15) is 0 Å². The second-order valence-corrected chi connectivity index (χ2v) is 7.35. The maximum atomic E-state index is 5.82. The van der Waals surface area contributed by atoms with Gasteiger partial charge in [0.25, 0.3) is 0 Å². The van der Waals surface area contributed by atoms with Gasteiger partial charge in [0.2, 0.25) is 5.95 Å². The molecule has 2 heterocycles. The van der Waals surface area contributed by atoms with Crippen LogP contribution in [-0.4, -0.2) is 27.8 Å². The first kappa shape index (κ1) is 14.9. The summed E-state index contributed by atoms with van der Waals surface area (Å²) in [5, 5.41) is 3.70. The van der Waals surface area contributed by atoms with Crippen LogP contribution >= 0.6 is 0 Å². The molecule has 0 spiro atoms. The van der Waals surface area contributed by atoms with E-state index in [1.165, 1.54) is 32.1 Å². The predicted octanol–water partition coefficient (Wildman–Crippen LogP) is 4.07. The van der Waals surface area contributed by atoms with Crippen molar-refractivity contribution in [1.82, 2.24) is 9.55 Å². The van der Waals surface area contributed by atoms with Gasteiger partial charge in [-0.1, -0.05) is 19.3 Å². The van der Waals surface area contributed by atoms with E-state index in [0.717, 1.165) is 31.1 Å². The van der Waals surface area contributed by atoms with E-state index < -0.39 is 0 Å². The van der Waals surface area contributed by atoms with Gasteiger partial charge in [0, 0.05) is 24.9 Å². The lowest BCUT2D eigenvalue weighted by molar-refractivity contribution is -0.0554. The van der Waals surface area contributed by atoms with E-state index >= 15 is 0 Å². The van der Waals surface area contributed by atoms with Crippen LogP contribution in [0.2, 0.25) is 0 Å². The van der Waals surface area contributed by atoms with Crippen molar-refractivity contribution in [2.24, 2.45) is 0 Å². The lowest BCUT2D eigenvalue weighted by Crippen LogP contribution is -2.40. The van der Waals surface area contributed by atoms with Crippen molar-refractivity contribution in [2.75, 3.05) is 11.9 Å². The van der Waals surface area contributed by atoms with Gasteiger partial charge in [-0.3, -0.25) is 0 Å². The second-order valence-electron chi connectivity index (χ2n) is 7.35. The molecule has 0 aromatic carbocycles. The van der Waals surface area contributed by atoms with Crippen LogP contribution in [0.4, 0.5) is 5.95 Å². The molecular formula is C17H29N3O. The number of nitrogens with zero attached hydrogens (tertiary/aromatic N) is 2. The number of rotatable bonds is 3. The van der Waals surface area contributed by atoms with E-state index in [2.05, 4.69) is 36.9 Å². The number of imidazole rings is 1. The zero-order chi connectivity index (χ0) is 14.9. The summed E-state index contributed by atoms with van der Waals surface area (Å²) in [4.78, 5) is 4.74. The molecule has 118 valence electrons. The van der Waals surface area contributed by atoms with Gasteiger partial charge < -0.3 is 14.6 Å². The van der Waals surface area contributed by atoms with E-state index in [1.807, 2.05) is 0 Å². The molecule has 0 bridgehead atoms. The van der Waals surface area contributed by atoms with E-state index in [0.29, 0.717) is 12.1 Å². The fraction of sp³-hybridized carbons (Fsp3) is 0.824. The van der Waals surface area contributed by atoms with Gasteiger partial charge in [-0.05, 0) is 46.5 Å². The first-order valence-corrected chi connectivity index (χ1v) is 8.49. The van der Waals surface area contributed by atoms with Crippen molar-refractivity contribution in [1.29, 1.82) is 0 Å².